The molecule has 4 aromatic carbocycles. The normalized spacial score (nSPS) is 12.8. The van der Waals surface area contributed by atoms with Crippen molar-refractivity contribution in [3.05, 3.63) is 120 Å². The number of carbonyl (C=O) groups excluding carboxylic acids is 1. The summed E-state index contributed by atoms with van der Waals surface area (Å²) in [5.74, 6) is 0.0422. The highest BCUT2D eigenvalue weighted by molar-refractivity contribution is 6.99. The van der Waals surface area contributed by atoms with Crippen LogP contribution in [0.2, 0.25) is 5.04 Å². The molecule has 47 heavy (non-hydrogen) atoms. The quantitative estimate of drug-likeness (QED) is 0.109. The summed E-state index contributed by atoms with van der Waals surface area (Å²) < 4.78 is 29.5. The summed E-state index contributed by atoms with van der Waals surface area (Å²) in [6.45, 7) is 10.7. The van der Waals surface area contributed by atoms with Gasteiger partial charge in [-0.3, -0.25) is 0 Å². The van der Waals surface area contributed by atoms with E-state index >= 15 is 0 Å². The largest absolute Gasteiger partial charge is 0.449 e. The van der Waals surface area contributed by atoms with Crippen molar-refractivity contribution in [2.45, 2.75) is 31.7 Å². The molecular weight excluding hydrogens is 607 g/mol. The highest BCUT2D eigenvalue weighted by Gasteiger charge is 2.50. The molecule has 0 heterocycles. The summed E-state index contributed by atoms with van der Waals surface area (Å²) in [7, 11) is -2.55. The van der Waals surface area contributed by atoms with Gasteiger partial charge < -0.3 is 28.7 Å². The summed E-state index contributed by atoms with van der Waals surface area (Å²) in [6.07, 6.45) is -0.442. The Hall–Kier alpha value is -3.79. The Labute approximate surface area is 280 Å². The molecule has 0 fully saturated rings. The van der Waals surface area contributed by atoms with E-state index in [1.165, 1.54) is 32.6 Å². The average molecular weight is 654 g/mol. The second-order valence-electron chi connectivity index (χ2n) is 12.6. The minimum absolute atomic E-state index is 0.0422. The predicted octanol–water partition coefficient (Wildman–Crippen LogP) is 6.15. The standard InChI is InChI=1S/C39H47NO6Si/c1-39(2,3)47(31-14-6-4-7-15-31,32-16-8-5-9-17-32)46-29-28-44-27-26-43-25-24-42-23-22-40-38(41)45-30-37-35-20-12-10-18-33(35)34-19-11-13-21-36(34)37/h4-21,37H,22-30H2,1-3H3,(H,40,41). The zero-order valence-electron chi connectivity index (χ0n) is 27.8. The van der Waals surface area contributed by atoms with E-state index in [4.69, 9.17) is 23.4 Å². The molecule has 1 aliphatic rings. The Balaban J connectivity index is 0.926. The Morgan fingerprint density at radius 1 is 0.617 bits per heavy atom. The Morgan fingerprint density at radius 3 is 1.57 bits per heavy atom. The molecule has 8 heteroatoms. The fraction of sp³-hybridized carbons (Fsp3) is 0.359. The molecule has 0 saturated carbocycles. The molecule has 0 atom stereocenters. The smallest absolute Gasteiger partial charge is 0.407 e. The highest BCUT2D eigenvalue weighted by atomic mass is 28.4. The number of benzene rings is 4. The Kier molecular flexibility index (Phi) is 12.4. The van der Waals surface area contributed by atoms with E-state index in [9.17, 15) is 4.79 Å². The lowest BCUT2D eigenvalue weighted by molar-refractivity contribution is 0.00922. The number of nitrogens with one attached hydrogen (secondary N) is 1. The number of fused-ring (bicyclic) bond motifs is 3. The minimum Gasteiger partial charge on any atom is -0.449 e. The van der Waals surface area contributed by atoms with Crippen LogP contribution in [0.3, 0.4) is 0 Å². The van der Waals surface area contributed by atoms with E-state index in [1.807, 2.05) is 24.3 Å². The van der Waals surface area contributed by atoms with Crippen molar-refractivity contribution < 1.29 is 28.2 Å². The molecule has 1 amide bonds. The highest BCUT2D eigenvalue weighted by Crippen LogP contribution is 2.44. The van der Waals surface area contributed by atoms with Gasteiger partial charge >= 0.3 is 6.09 Å². The van der Waals surface area contributed by atoms with Crippen LogP contribution < -0.4 is 15.7 Å². The summed E-state index contributed by atoms with van der Waals surface area (Å²) in [5.41, 5.74) is 4.80. The zero-order valence-corrected chi connectivity index (χ0v) is 28.8. The van der Waals surface area contributed by atoms with Crippen molar-refractivity contribution >= 4 is 24.8 Å². The maximum atomic E-state index is 12.3. The molecule has 0 spiro atoms. The van der Waals surface area contributed by atoms with Crippen molar-refractivity contribution in [2.75, 3.05) is 59.4 Å². The monoisotopic (exact) mass is 653 g/mol. The third-order valence-corrected chi connectivity index (χ3v) is 13.6. The van der Waals surface area contributed by atoms with Gasteiger partial charge in [-0.1, -0.05) is 130 Å². The van der Waals surface area contributed by atoms with Crippen LogP contribution in [-0.2, 0) is 23.4 Å². The van der Waals surface area contributed by atoms with Gasteiger partial charge in [-0.2, -0.15) is 0 Å². The molecule has 0 aliphatic heterocycles. The predicted molar refractivity (Wildman–Crippen MR) is 189 cm³/mol. The molecule has 0 radical (unpaired) electrons. The Bertz CT molecular complexity index is 1460. The lowest BCUT2D eigenvalue weighted by Gasteiger charge is -2.43. The van der Waals surface area contributed by atoms with Crippen LogP contribution in [0.5, 0.6) is 0 Å². The van der Waals surface area contributed by atoms with E-state index in [2.05, 4.69) is 111 Å². The SMILES string of the molecule is CC(C)(C)[Si](OCCOCCOCCOCCNC(=O)OCC1c2ccccc2-c2ccccc21)(c1ccccc1)c1ccccc1. The van der Waals surface area contributed by atoms with E-state index < -0.39 is 14.4 Å². The first-order valence-electron chi connectivity index (χ1n) is 16.5. The maximum absolute atomic E-state index is 12.3. The third kappa shape index (κ3) is 8.57. The third-order valence-electron chi connectivity index (χ3n) is 8.57. The van der Waals surface area contributed by atoms with Crippen LogP contribution in [0.4, 0.5) is 4.79 Å². The first kappa shape index (κ1) is 34.5. The van der Waals surface area contributed by atoms with Crippen LogP contribution in [-0.4, -0.2) is 73.8 Å². The number of alkyl carbamates (subject to hydrolysis) is 1. The molecule has 0 unspecified atom stereocenters. The fourth-order valence-corrected chi connectivity index (χ4v) is 11.0. The molecule has 1 N–H and O–H groups in total. The first-order valence-corrected chi connectivity index (χ1v) is 18.4. The lowest BCUT2D eigenvalue weighted by Crippen LogP contribution is -2.66. The first-order chi connectivity index (χ1) is 22.9. The van der Waals surface area contributed by atoms with Gasteiger partial charge in [0.05, 0.1) is 46.2 Å². The average Bonchev–Trinajstić information content (AvgIpc) is 3.41. The maximum Gasteiger partial charge on any atom is 0.407 e. The van der Waals surface area contributed by atoms with Crippen molar-refractivity contribution in [1.29, 1.82) is 0 Å². The fourth-order valence-electron chi connectivity index (χ4n) is 6.43. The summed E-state index contributed by atoms with van der Waals surface area (Å²) >= 11 is 0. The van der Waals surface area contributed by atoms with Gasteiger partial charge in [0.1, 0.15) is 6.61 Å². The van der Waals surface area contributed by atoms with Gasteiger partial charge in [-0.25, -0.2) is 4.79 Å². The zero-order chi connectivity index (χ0) is 33.0. The van der Waals surface area contributed by atoms with Gasteiger partial charge in [-0.15, -0.1) is 0 Å². The van der Waals surface area contributed by atoms with Crippen LogP contribution in [0, 0.1) is 0 Å². The number of hydrogen-bond donors (Lipinski definition) is 1. The molecule has 5 rings (SSSR count). The molecule has 0 saturated heterocycles. The van der Waals surface area contributed by atoms with Gasteiger partial charge in [0.25, 0.3) is 8.32 Å². The lowest BCUT2D eigenvalue weighted by atomic mass is 9.98. The van der Waals surface area contributed by atoms with Gasteiger partial charge in [0, 0.05) is 12.5 Å². The number of rotatable bonds is 17. The molecule has 0 bridgehead atoms. The molecule has 248 valence electrons. The summed E-state index contributed by atoms with van der Waals surface area (Å²) in [4.78, 5) is 12.3. The van der Waals surface area contributed by atoms with E-state index in [1.54, 1.807) is 0 Å². The summed E-state index contributed by atoms with van der Waals surface area (Å²) in [6, 6.07) is 37.8. The van der Waals surface area contributed by atoms with Crippen LogP contribution in [0.15, 0.2) is 109 Å². The minimum atomic E-state index is -2.55. The van der Waals surface area contributed by atoms with E-state index in [0.717, 1.165) is 0 Å². The van der Waals surface area contributed by atoms with Crippen LogP contribution in [0.25, 0.3) is 11.1 Å². The molecule has 0 aromatic heterocycles. The number of hydrogen-bond acceptors (Lipinski definition) is 6. The second-order valence-corrected chi connectivity index (χ2v) is 16.9. The van der Waals surface area contributed by atoms with E-state index in [-0.39, 0.29) is 11.0 Å². The molecule has 7 nitrogen and oxygen atoms in total. The van der Waals surface area contributed by atoms with Crippen molar-refractivity contribution in [3.8, 4) is 11.1 Å². The molecular formula is C39H47NO6Si. The number of carbonyl (C=O) groups is 1. The van der Waals surface area contributed by atoms with E-state index in [0.29, 0.717) is 59.4 Å². The second kappa shape index (κ2) is 16.9. The van der Waals surface area contributed by atoms with Crippen molar-refractivity contribution in [3.63, 3.8) is 0 Å². The topological polar surface area (TPSA) is 75.3 Å². The molecule has 4 aromatic rings. The number of amides is 1. The van der Waals surface area contributed by atoms with Crippen LogP contribution >= 0.6 is 0 Å². The van der Waals surface area contributed by atoms with Crippen LogP contribution in [0.1, 0.15) is 37.8 Å². The van der Waals surface area contributed by atoms with Gasteiger partial charge in [-0.05, 0) is 37.7 Å². The van der Waals surface area contributed by atoms with Gasteiger partial charge in [0.15, 0.2) is 0 Å². The van der Waals surface area contributed by atoms with Gasteiger partial charge in [0.2, 0.25) is 0 Å². The van der Waals surface area contributed by atoms with Crippen molar-refractivity contribution in [2.24, 2.45) is 0 Å². The molecule has 1 aliphatic carbocycles. The Morgan fingerprint density at radius 2 is 1.06 bits per heavy atom. The summed E-state index contributed by atoms with van der Waals surface area (Å²) in [5, 5.41) is 5.22. The number of ether oxygens (including phenoxy) is 4. The van der Waals surface area contributed by atoms with Crippen molar-refractivity contribution in [1.82, 2.24) is 5.32 Å².